The van der Waals surface area contributed by atoms with Crippen LogP contribution in [-0.4, -0.2) is 35.9 Å². The number of hydrogen-bond acceptors (Lipinski definition) is 3. The van der Waals surface area contributed by atoms with Gasteiger partial charge in [-0.15, -0.1) is 0 Å². The maximum Gasteiger partial charge on any atom is 0.272 e. The average Bonchev–Trinajstić information content (AvgIpc) is 2.41. The van der Waals surface area contributed by atoms with Gasteiger partial charge in [0.1, 0.15) is 5.69 Å². The van der Waals surface area contributed by atoms with Gasteiger partial charge in [0.15, 0.2) is 0 Å². The lowest BCUT2D eigenvalue weighted by molar-refractivity contribution is 0.0822. The van der Waals surface area contributed by atoms with Crippen LogP contribution in [0.4, 0.5) is 5.69 Å². The predicted octanol–water partition coefficient (Wildman–Crippen LogP) is 2.77. The molecule has 19 heavy (non-hydrogen) atoms. The second-order valence-corrected chi connectivity index (χ2v) is 5.64. The summed E-state index contributed by atoms with van der Waals surface area (Å²) in [6.45, 7) is 2.30. The first-order valence-electron chi connectivity index (χ1n) is 7.02. The summed E-state index contributed by atoms with van der Waals surface area (Å²) >= 11 is 0. The Bertz CT molecular complexity index is 445. The standard InChI is InChI=1S/C15H23N3O/c1-11-6-4-5-7-13(11)17-12-8-9-16-14(10-12)15(19)18(2)3/h8-11,13H,4-7H2,1-3H3,(H,16,17). The number of amides is 1. The highest BCUT2D eigenvalue weighted by Crippen LogP contribution is 2.26. The number of hydrogen-bond donors (Lipinski definition) is 1. The number of anilines is 1. The van der Waals surface area contributed by atoms with Crippen molar-refractivity contribution in [3.8, 4) is 0 Å². The van der Waals surface area contributed by atoms with Crippen LogP contribution < -0.4 is 5.32 Å². The summed E-state index contributed by atoms with van der Waals surface area (Å²) in [5.74, 6) is 0.634. The van der Waals surface area contributed by atoms with Crippen molar-refractivity contribution >= 4 is 11.6 Å². The molecule has 0 spiro atoms. The number of nitrogens with one attached hydrogen (secondary N) is 1. The normalized spacial score (nSPS) is 22.9. The highest BCUT2D eigenvalue weighted by atomic mass is 16.2. The van der Waals surface area contributed by atoms with Crippen LogP contribution in [0.3, 0.4) is 0 Å². The van der Waals surface area contributed by atoms with Crippen LogP contribution in [-0.2, 0) is 0 Å². The summed E-state index contributed by atoms with van der Waals surface area (Å²) in [5, 5.41) is 3.55. The smallest absolute Gasteiger partial charge is 0.272 e. The number of carbonyl (C=O) groups excluding carboxylic acids is 1. The van der Waals surface area contributed by atoms with E-state index in [1.165, 1.54) is 25.7 Å². The molecular weight excluding hydrogens is 238 g/mol. The molecule has 1 aliphatic rings. The minimum absolute atomic E-state index is 0.0552. The van der Waals surface area contributed by atoms with Gasteiger partial charge in [0.2, 0.25) is 0 Å². The van der Waals surface area contributed by atoms with Gasteiger partial charge in [-0.3, -0.25) is 9.78 Å². The molecule has 0 bridgehead atoms. The summed E-state index contributed by atoms with van der Waals surface area (Å²) in [6.07, 6.45) is 6.82. The molecule has 0 aliphatic heterocycles. The highest BCUT2D eigenvalue weighted by molar-refractivity contribution is 5.92. The van der Waals surface area contributed by atoms with Gasteiger partial charge in [-0.1, -0.05) is 19.8 Å². The first-order chi connectivity index (χ1) is 9.08. The molecule has 104 valence electrons. The van der Waals surface area contributed by atoms with E-state index < -0.39 is 0 Å². The molecular formula is C15H23N3O. The lowest BCUT2D eigenvalue weighted by Gasteiger charge is -2.30. The first-order valence-corrected chi connectivity index (χ1v) is 7.02. The molecule has 2 unspecified atom stereocenters. The van der Waals surface area contributed by atoms with Crippen LogP contribution in [0.5, 0.6) is 0 Å². The highest BCUT2D eigenvalue weighted by Gasteiger charge is 2.21. The van der Waals surface area contributed by atoms with E-state index in [4.69, 9.17) is 0 Å². The fourth-order valence-electron chi connectivity index (χ4n) is 2.61. The predicted molar refractivity (Wildman–Crippen MR) is 77.3 cm³/mol. The Labute approximate surface area is 115 Å². The van der Waals surface area contributed by atoms with Crippen molar-refractivity contribution in [2.24, 2.45) is 5.92 Å². The van der Waals surface area contributed by atoms with Crippen LogP contribution >= 0.6 is 0 Å². The van der Waals surface area contributed by atoms with Gasteiger partial charge in [-0.25, -0.2) is 0 Å². The molecule has 0 aromatic carbocycles. The Morgan fingerprint density at radius 3 is 2.79 bits per heavy atom. The van der Waals surface area contributed by atoms with Gasteiger partial charge >= 0.3 is 0 Å². The monoisotopic (exact) mass is 261 g/mol. The molecule has 1 saturated carbocycles. The van der Waals surface area contributed by atoms with E-state index in [0.717, 1.165) is 5.69 Å². The lowest BCUT2D eigenvalue weighted by Crippen LogP contribution is -2.30. The third-order valence-electron chi connectivity index (χ3n) is 3.85. The Morgan fingerprint density at radius 1 is 1.37 bits per heavy atom. The minimum Gasteiger partial charge on any atom is -0.382 e. The molecule has 1 aliphatic carbocycles. The number of nitrogens with zero attached hydrogens (tertiary/aromatic N) is 2. The summed E-state index contributed by atoms with van der Waals surface area (Å²) < 4.78 is 0. The van der Waals surface area contributed by atoms with Crippen molar-refractivity contribution in [2.45, 2.75) is 38.6 Å². The van der Waals surface area contributed by atoms with E-state index in [1.807, 2.05) is 12.1 Å². The zero-order chi connectivity index (χ0) is 13.8. The fraction of sp³-hybridized carbons (Fsp3) is 0.600. The van der Waals surface area contributed by atoms with Gasteiger partial charge in [-0.2, -0.15) is 0 Å². The summed E-state index contributed by atoms with van der Waals surface area (Å²) in [7, 11) is 3.49. The van der Waals surface area contributed by atoms with Crippen molar-refractivity contribution in [3.63, 3.8) is 0 Å². The molecule has 4 heteroatoms. The molecule has 2 atom stereocenters. The summed E-state index contributed by atoms with van der Waals surface area (Å²) in [4.78, 5) is 17.6. The SMILES string of the molecule is CC1CCCCC1Nc1ccnc(C(=O)N(C)C)c1. The van der Waals surface area contributed by atoms with E-state index in [-0.39, 0.29) is 5.91 Å². The van der Waals surface area contributed by atoms with Crippen LogP contribution in [0.15, 0.2) is 18.3 Å². The van der Waals surface area contributed by atoms with Crippen molar-refractivity contribution in [3.05, 3.63) is 24.0 Å². The molecule has 4 nitrogen and oxygen atoms in total. The van der Waals surface area contributed by atoms with E-state index >= 15 is 0 Å². The zero-order valence-electron chi connectivity index (χ0n) is 12.0. The molecule has 1 aromatic rings. The van der Waals surface area contributed by atoms with Crippen molar-refractivity contribution in [1.82, 2.24) is 9.88 Å². The van der Waals surface area contributed by atoms with E-state index in [9.17, 15) is 4.79 Å². The molecule has 1 fully saturated rings. The topological polar surface area (TPSA) is 45.2 Å². The quantitative estimate of drug-likeness (QED) is 0.910. The summed E-state index contributed by atoms with van der Waals surface area (Å²) in [6, 6.07) is 4.30. The number of pyridine rings is 1. The van der Waals surface area contributed by atoms with E-state index in [0.29, 0.717) is 17.7 Å². The molecule has 2 rings (SSSR count). The third-order valence-corrected chi connectivity index (χ3v) is 3.85. The molecule has 1 aromatic heterocycles. The lowest BCUT2D eigenvalue weighted by atomic mass is 9.86. The number of carbonyl (C=O) groups is 1. The first kappa shape index (κ1) is 13.8. The van der Waals surface area contributed by atoms with Crippen LogP contribution in [0.25, 0.3) is 0 Å². The molecule has 1 N–H and O–H groups in total. The van der Waals surface area contributed by atoms with Gasteiger partial charge in [0.05, 0.1) is 0 Å². The van der Waals surface area contributed by atoms with Gasteiger partial charge in [0, 0.05) is 32.0 Å². The van der Waals surface area contributed by atoms with Gasteiger partial charge < -0.3 is 10.2 Å². The van der Waals surface area contributed by atoms with Gasteiger partial charge in [-0.05, 0) is 30.9 Å². The maximum atomic E-state index is 11.9. The molecule has 0 radical (unpaired) electrons. The summed E-state index contributed by atoms with van der Waals surface area (Å²) in [5.41, 5.74) is 1.50. The molecule has 0 saturated heterocycles. The van der Waals surface area contributed by atoms with E-state index in [2.05, 4.69) is 17.2 Å². The largest absolute Gasteiger partial charge is 0.382 e. The Kier molecular flexibility index (Phi) is 4.40. The Hall–Kier alpha value is -1.58. The zero-order valence-corrected chi connectivity index (χ0v) is 12.0. The van der Waals surface area contributed by atoms with Crippen molar-refractivity contribution in [2.75, 3.05) is 19.4 Å². The third kappa shape index (κ3) is 3.46. The van der Waals surface area contributed by atoms with E-state index in [1.54, 1.807) is 25.2 Å². The number of rotatable bonds is 3. The van der Waals surface area contributed by atoms with Crippen molar-refractivity contribution < 1.29 is 4.79 Å². The average molecular weight is 261 g/mol. The maximum absolute atomic E-state index is 11.9. The minimum atomic E-state index is -0.0552. The Morgan fingerprint density at radius 2 is 2.11 bits per heavy atom. The van der Waals surface area contributed by atoms with Gasteiger partial charge in [0.25, 0.3) is 5.91 Å². The van der Waals surface area contributed by atoms with Crippen molar-refractivity contribution in [1.29, 1.82) is 0 Å². The molecule has 1 heterocycles. The number of aromatic nitrogens is 1. The second-order valence-electron chi connectivity index (χ2n) is 5.64. The van der Waals surface area contributed by atoms with Crippen LogP contribution in [0.2, 0.25) is 0 Å². The van der Waals surface area contributed by atoms with Crippen LogP contribution in [0, 0.1) is 5.92 Å². The fourth-order valence-corrected chi connectivity index (χ4v) is 2.61. The second kappa shape index (κ2) is 6.04. The molecule has 1 amide bonds. The Balaban J connectivity index is 2.08. The van der Waals surface area contributed by atoms with Crippen LogP contribution in [0.1, 0.15) is 43.1 Å².